The molecule has 0 aliphatic carbocycles. The van der Waals surface area contributed by atoms with E-state index >= 15 is 0 Å². The summed E-state index contributed by atoms with van der Waals surface area (Å²) in [6.45, 7) is 4.98. The lowest BCUT2D eigenvalue weighted by Crippen LogP contribution is -2.05. The van der Waals surface area contributed by atoms with E-state index in [1.165, 1.54) is 22.5 Å². The predicted molar refractivity (Wildman–Crippen MR) is 85.4 cm³/mol. The number of thiazole rings is 1. The van der Waals surface area contributed by atoms with E-state index in [0.29, 0.717) is 6.54 Å². The SMILES string of the molecule is CCc1ccc(-c2nc3scc(CCN)n3c2C)cc1. The monoisotopic (exact) mass is 285 g/mol. The molecule has 0 bridgehead atoms. The van der Waals surface area contributed by atoms with Gasteiger partial charge < -0.3 is 5.73 Å². The number of nitrogens with two attached hydrogens (primary N) is 1. The van der Waals surface area contributed by atoms with Gasteiger partial charge in [-0.3, -0.25) is 4.40 Å². The summed E-state index contributed by atoms with van der Waals surface area (Å²) < 4.78 is 2.24. The fraction of sp³-hybridized carbons (Fsp3) is 0.312. The van der Waals surface area contributed by atoms with Gasteiger partial charge in [0, 0.05) is 28.8 Å². The Morgan fingerprint density at radius 2 is 2.00 bits per heavy atom. The minimum Gasteiger partial charge on any atom is -0.330 e. The number of rotatable bonds is 4. The van der Waals surface area contributed by atoms with Crippen LogP contribution in [0.1, 0.15) is 23.9 Å². The molecule has 2 heterocycles. The fourth-order valence-corrected chi connectivity index (χ4v) is 3.53. The average molecular weight is 285 g/mol. The summed E-state index contributed by atoms with van der Waals surface area (Å²) in [5, 5.41) is 2.16. The Bertz CT molecular complexity index is 722. The highest BCUT2D eigenvalue weighted by molar-refractivity contribution is 7.15. The first-order valence-electron chi connectivity index (χ1n) is 6.99. The third kappa shape index (κ3) is 2.15. The maximum atomic E-state index is 5.68. The molecular formula is C16H19N3S. The summed E-state index contributed by atoms with van der Waals surface area (Å²) >= 11 is 1.69. The summed E-state index contributed by atoms with van der Waals surface area (Å²) in [5.41, 5.74) is 11.8. The molecule has 0 atom stereocenters. The Hall–Kier alpha value is -1.65. The molecule has 4 heteroatoms. The van der Waals surface area contributed by atoms with Crippen molar-refractivity contribution < 1.29 is 0 Å². The van der Waals surface area contributed by atoms with Crippen LogP contribution in [0, 0.1) is 6.92 Å². The van der Waals surface area contributed by atoms with Gasteiger partial charge in [-0.25, -0.2) is 4.98 Å². The molecule has 1 aromatic carbocycles. The van der Waals surface area contributed by atoms with Crippen LogP contribution in [0.4, 0.5) is 0 Å². The molecule has 3 rings (SSSR count). The lowest BCUT2D eigenvalue weighted by molar-refractivity contribution is 0.896. The van der Waals surface area contributed by atoms with E-state index in [4.69, 9.17) is 10.7 Å². The lowest BCUT2D eigenvalue weighted by atomic mass is 10.1. The molecule has 0 saturated heterocycles. The highest BCUT2D eigenvalue weighted by Crippen LogP contribution is 2.28. The van der Waals surface area contributed by atoms with Crippen molar-refractivity contribution in [3.05, 3.63) is 46.6 Å². The molecule has 0 aliphatic rings. The second kappa shape index (κ2) is 5.38. The molecule has 0 fully saturated rings. The third-order valence-electron chi connectivity index (χ3n) is 3.70. The van der Waals surface area contributed by atoms with Crippen molar-refractivity contribution in [2.45, 2.75) is 26.7 Å². The van der Waals surface area contributed by atoms with E-state index in [-0.39, 0.29) is 0 Å². The number of nitrogens with zero attached hydrogens (tertiary/aromatic N) is 2. The fourth-order valence-electron chi connectivity index (χ4n) is 2.56. The van der Waals surface area contributed by atoms with Gasteiger partial charge in [0.15, 0.2) is 4.96 Å². The van der Waals surface area contributed by atoms with Gasteiger partial charge in [-0.05, 0) is 25.5 Å². The van der Waals surface area contributed by atoms with Gasteiger partial charge in [-0.1, -0.05) is 31.2 Å². The highest BCUT2D eigenvalue weighted by atomic mass is 32.1. The molecule has 104 valence electrons. The molecule has 3 nitrogen and oxygen atoms in total. The molecule has 0 unspecified atom stereocenters. The Labute approximate surface area is 123 Å². The van der Waals surface area contributed by atoms with Crippen molar-refractivity contribution in [2.75, 3.05) is 6.54 Å². The van der Waals surface area contributed by atoms with E-state index < -0.39 is 0 Å². The first-order chi connectivity index (χ1) is 9.74. The van der Waals surface area contributed by atoms with E-state index in [9.17, 15) is 0 Å². The largest absolute Gasteiger partial charge is 0.330 e. The second-order valence-electron chi connectivity index (χ2n) is 4.98. The number of aromatic nitrogens is 2. The Kier molecular flexibility index (Phi) is 3.59. The van der Waals surface area contributed by atoms with E-state index in [1.807, 2.05) is 0 Å². The highest BCUT2D eigenvalue weighted by Gasteiger charge is 2.14. The van der Waals surface area contributed by atoms with Gasteiger partial charge >= 0.3 is 0 Å². The van der Waals surface area contributed by atoms with Crippen molar-refractivity contribution in [1.29, 1.82) is 0 Å². The number of fused-ring (bicyclic) bond motifs is 1. The van der Waals surface area contributed by atoms with E-state index in [2.05, 4.69) is 47.9 Å². The Balaban J connectivity index is 2.09. The molecule has 0 amide bonds. The molecule has 0 aliphatic heterocycles. The average Bonchev–Trinajstić information content (AvgIpc) is 3.01. The van der Waals surface area contributed by atoms with Crippen molar-refractivity contribution in [3.8, 4) is 11.3 Å². The van der Waals surface area contributed by atoms with Crippen molar-refractivity contribution >= 4 is 16.3 Å². The van der Waals surface area contributed by atoms with Crippen LogP contribution in [-0.2, 0) is 12.8 Å². The topological polar surface area (TPSA) is 43.3 Å². The summed E-state index contributed by atoms with van der Waals surface area (Å²) in [4.78, 5) is 5.84. The van der Waals surface area contributed by atoms with E-state index in [0.717, 1.165) is 23.5 Å². The van der Waals surface area contributed by atoms with Gasteiger partial charge in [0.1, 0.15) is 0 Å². The number of benzene rings is 1. The van der Waals surface area contributed by atoms with Crippen LogP contribution in [0.15, 0.2) is 29.6 Å². The third-order valence-corrected chi connectivity index (χ3v) is 4.58. The maximum Gasteiger partial charge on any atom is 0.194 e. The van der Waals surface area contributed by atoms with Crippen molar-refractivity contribution in [1.82, 2.24) is 9.38 Å². The molecule has 2 aromatic heterocycles. The normalized spacial score (nSPS) is 11.3. The molecule has 3 aromatic rings. The van der Waals surface area contributed by atoms with Crippen LogP contribution in [0.5, 0.6) is 0 Å². The zero-order valence-electron chi connectivity index (χ0n) is 11.9. The number of hydrogen-bond donors (Lipinski definition) is 1. The standard InChI is InChI=1S/C16H19N3S/c1-3-12-4-6-13(7-5-12)15-11(2)19-14(8-9-17)10-20-16(19)18-15/h4-7,10H,3,8-9,17H2,1-2H3. The Morgan fingerprint density at radius 1 is 1.25 bits per heavy atom. The smallest absolute Gasteiger partial charge is 0.194 e. The molecular weight excluding hydrogens is 266 g/mol. The van der Waals surface area contributed by atoms with Crippen LogP contribution < -0.4 is 5.73 Å². The number of hydrogen-bond acceptors (Lipinski definition) is 3. The van der Waals surface area contributed by atoms with Gasteiger partial charge in [-0.15, -0.1) is 11.3 Å². The molecule has 0 spiro atoms. The van der Waals surface area contributed by atoms with Gasteiger partial charge in [0.2, 0.25) is 0 Å². The van der Waals surface area contributed by atoms with Crippen LogP contribution in [0.25, 0.3) is 16.2 Å². The number of aryl methyl sites for hydroxylation is 2. The van der Waals surface area contributed by atoms with Crippen LogP contribution in [0.3, 0.4) is 0 Å². The minimum absolute atomic E-state index is 0.671. The minimum atomic E-state index is 0.671. The van der Waals surface area contributed by atoms with Gasteiger partial charge in [-0.2, -0.15) is 0 Å². The zero-order valence-corrected chi connectivity index (χ0v) is 12.7. The summed E-state index contributed by atoms with van der Waals surface area (Å²) in [6, 6.07) is 8.70. The summed E-state index contributed by atoms with van der Waals surface area (Å²) in [5.74, 6) is 0. The van der Waals surface area contributed by atoms with E-state index in [1.54, 1.807) is 11.3 Å². The molecule has 20 heavy (non-hydrogen) atoms. The van der Waals surface area contributed by atoms with Crippen LogP contribution >= 0.6 is 11.3 Å². The molecule has 0 radical (unpaired) electrons. The maximum absolute atomic E-state index is 5.68. The van der Waals surface area contributed by atoms with Crippen LogP contribution in [-0.4, -0.2) is 15.9 Å². The molecule has 2 N–H and O–H groups in total. The van der Waals surface area contributed by atoms with Gasteiger partial charge in [0.05, 0.1) is 5.69 Å². The lowest BCUT2D eigenvalue weighted by Gasteiger charge is -2.03. The molecule has 0 saturated carbocycles. The van der Waals surface area contributed by atoms with Gasteiger partial charge in [0.25, 0.3) is 0 Å². The summed E-state index contributed by atoms with van der Waals surface area (Å²) in [7, 11) is 0. The first kappa shape index (κ1) is 13.3. The number of imidazole rings is 1. The van der Waals surface area contributed by atoms with Crippen molar-refractivity contribution in [3.63, 3.8) is 0 Å². The quantitative estimate of drug-likeness (QED) is 0.798. The summed E-state index contributed by atoms with van der Waals surface area (Å²) in [6.07, 6.45) is 1.96. The van der Waals surface area contributed by atoms with Crippen molar-refractivity contribution in [2.24, 2.45) is 5.73 Å². The zero-order chi connectivity index (χ0) is 14.1. The Morgan fingerprint density at radius 3 is 2.65 bits per heavy atom. The predicted octanol–water partition coefficient (Wildman–Crippen LogP) is 3.43. The van der Waals surface area contributed by atoms with Crippen LogP contribution in [0.2, 0.25) is 0 Å². The first-order valence-corrected chi connectivity index (χ1v) is 7.87. The second-order valence-corrected chi connectivity index (χ2v) is 5.82.